The molecule has 0 aromatic rings. The fraction of sp³-hybridized carbons (Fsp3) is 0.917. The van der Waals surface area contributed by atoms with Crippen LogP contribution in [0.2, 0.25) is 0 Å². The number of rotatable bonds is 1. The SMILES string of the molecule is CC1(C)O[13C@H]2O[13C@H]([13C@H]3[13CH2]OC(C)(C)O3)[13C](=O)[13C@H]2O1. The van der Waals surface area contributed by atoms with Crippen molar-refractivity contribution in [2.45, 2.75) is 63.9 Å². The maximum atomic E-state index is 12.2. The van der Waals surface area contributed by atoms with Crippen LogP contribution in [0.15, 0.2) is 0 Å². The third-order valence-corrected chi connectivity index (χ3v) is 3.27. The Hall–Kier alpha value is -0.530. The fourth-order valence-corrected chi connectivity index (χ4v) is 2.53. The summed E-state index contributed by atoms with van der Waals surface area (Å²) in [7, 11) is 0. The van der Waals surface area contributed by atoms with E-state index in [1.54, 1.807) is 13.8 Å². The molecule has 0 aromatic heterocycles. The summed E-state index contributed by atoms with van der Waals surface area (Å²) in [5.74, 6) is -1.58. The lowest BCUT2D eigenvalue weighted by Gasteiger charge is -2.23. The van der Waals surface area contributed by atoms with Gasteiger partial charge in [-0.15, -0.1) is 0 Å². The molecule has 3 saturated heterocycles. The minimum Gasteiger partial charge on any atom is -0.348 e. The van der Waals surface area contributed by atoms with Gasteiger partial charge in [0, 0.05) is 0 Å². The minimum atomic E-state index is -0.776. The number of ether oxygens (including phenoxy) is 5. The van der Waals surface area contributed by atoms with Gasteiger partial charge in [-0.1, -0.05) is 0 Å². The molecule has 3 fully saturated rings. The second-order valence-electron chi connectivity index (χ2n) is 5.75. The summed E-state index contributed by atoms with van der Waals surface area (Å²) in [6.07, 6.45) is -2.35. The van der Waals surface area contributed by atoms with Gasteiger partial charge in [0.15, 0.2) is 35.9 Å². The lowest BCUT2D eigenvalue weighted by Crippen LogP contribution is -2.39. The van der Waals surface area contributed by atoms with Crippen LogP contribution in [-0.2, 0) is 28.5 Å². The van der Waals surface area contributed by atoms with Gasteiger partial charge in [0.05, 0.1) is 6.61 Å². The van der Waals surface area contributed by atoms with Crippen LogP contribution in [0.5, 0.6) is 0 Å². The number of hydrogen-bond donors (Lipinski definition) is 0. The molecule has 0 saturated carbocycles. The van der Waals surface area contributed by atoms with Gasteiger partial charge >= 0.3 is 0 Å². The number of Topliss-reactive ketones (excluding diaryl/α,β-unsaturated/α-hetero) is 1. The predicted molar refractivity (Wildman–Crippen MR) is 58.6 cm³/mol. The van der Waals surface area contributed by atoms with Gasteiger partial charge in [0.1, 0.15) is 6.10 Å². The van der Waals surface area contributed by atoms with Crippen molar-refractivity contribution in [3.05, 3.63) is 0 Å². The maximum Gasteiger partial charge on any atom is 0.198 e. The van der Waals surface area contributed by atoms with Gasteiger partial charge in [-0.3, -0.25) is 4.79 Å². The van der Waals surface area contributed by atoms with Crippen LogP contribution in [0.4, 0.5) is 0 Å². The van der Waals surface area contributed by atoms with E-state index in [9.17, 15) is 4.79 Å². The molecular formula is C12H18O6. The normalized spacial score (nSPS) is 45.4. The maximum absolute atomic E-state index is 12.2. The van der Waals surface area contributed by atoms with Crippen LogP contribution in [0.3, 0.4) is 0 Å². The zero-order valence-electron chi connectivity index (χ0n) is 11.0. The molecule has 3 heterocycles. The Kier molecular flexibility index (Phi) is 2.60. The van der Waals surface area contributed by atoms with E-state index in [2.05, 4.69) is 0 Å². The van der Waals surface area contributed by atoms with Crippen LogP contribution in [-0.4, -0.2) is 48.6 Å². The molecule has 0 spiro atoms. The molecule has 4 atom stereocenters. The Morgan fingerprint density at radius 1 is 1.00 bits per heavy atom. The van der Waals surface area contributed by atoms with Gasteiger partial charge in [-0.25, -0.2) is 0 Å². The smallest absolute Gasteiger partial charge is 0.198 e. The summed E-state index contributed by atoms with van der Waals surface area (Å²) in [4.78, 5) is 12.2. The first kappa shape index (κ1) is 12.5. The summed E-state index contributed by atoms with van der Waals surface area (Å²) < 4.78 is 27.7. The molecule has 3 rings (SSSR count). The number of carbonyl (C=O) groups excluding carboxylic acids is 1. The highest BCUT2D eigenvalue weighted by Gasteiger charge is 2.57. The van der Waals surface area contributed by atoms with E-state index >= 15 is 0 Å². The Labute approximate surface area is 105 Å². The molecule has 0 aromatic carbocycles. The van der Waals surface area contributed by atoms with Crippen LogP contribution in [0.1, 0.15) is 27.7 Å². The van der Waals surface area contributed by atoms with Crippen molar-refractivity contribution in [3.63, 3.8) is 0 Å². The van der Waals surface area contributed by atoms with Gasteiger partial charge in [-0.2, -0.15) is 0 Å². The highest BCUT2D eigenvalue weighted by Crippen LogP contribution is 2.38. The van der Waals surface area contributed by atoms with E-state index < -0.39 is 36.2 Å². The Morgan fingerprint density at radius 3 is 2.28 bits per heavy atom. The van der Waals surface area contributed by atoms with Gasteiger partial charge in [-0.05, 0) is 27.7 Å². The summed E-state index contributed by atoms with van der Waals surface area (Å²) >= 11 is 0. The number of fused-ring (bicyclic) bond motifs is 1. The van der Waals surface area contributed by atoms with Gasteiger partial charge in [0.2, 0.25) is 0 Å². The van der Waals surface area contributed by atoms with Crippen molar-refractivity contribution in [2.75, 3.05) is 6.61 Å². The van der Waals surface area contributed by atoms with Crippen LogP contribution in [0.25, 0.3) is 0 Å². The molecule has 6 nitrogen and oxygen atoms in total. The molecule has 0 aliphatic carbocycles. The fourth-order valence-electron chi connectivity index (χ4n) is 2.53. The van der Waals surface area contributed by atoms with Gasteiger partial charge < -0.3 is 23.7 Å². The second kappa shape index (κ2) is 3.74. The first-order valence-electron chi connectivity index (χ1n) is 6.14. The molecule has 6 heteroatoms. The van der Waals surface area contributed by atoms with Crippen molar-refractivity contribution in [1.82, 2.24) is 0 Å². The molecular weight excluding hydrogens is 246 g/mol. The molecule has 3 aliphatic rings. The second-order valence-corrected chi connectivity index (χ2v) is 5.75. The first-order chi connectivity index (χ1) is 8.27. The number of carbonyl (C=O) groups is 1. The van der Waals surface area contributed by atoms with E-state index in [0.29, 0.717) is 6.61 Å². The van der Waals surface area contributed by atoms with E-state index in [1.165, 1.54) is 0 Å². The third-order valence-electron chi connectivity index (χ3n) is 3.27. The van der Waals surface area contributed by atoms with Crippen molar-refractivity contribution in [3.8, 4) is 0 Å². The lowest BCUT2D eigenvalue weighted by atomic mass is 10.4. The summed E-state index contributed by atoms with van der Waals surface area (Å²) in [6, 6.07) is 0. The Balaban J connectivity index is 1.70. The summed E-state index contributed by atoms with van der Waals surface area (Å²) in [5, 5.41) is 0. The zero-order valence-corrected chi connectivity index (χ0v) is 11.0. The van der Waals surface area contributed by atoms with Crippen molar-refractivity contribution in [2.24, 2.45) is 0 Å². The average molecular weight is 264 g/mol. The molecule has 0 unspecified atom stereocenters. The molecule has 102 valence electrons. The Morgan fingerprint density at radius 2 is 1.72 bits per heavy atom. The van der Waals surface area contributed by atoms with Gasteiger partial charge in [0.25, 0.3) is 0 Å². The summed E-state index contributed by atoms with van der Waals surface area (Å²) in [6.45, 7) is 7.48. The van der Waals surface area contributed by atoms with E-state index in [1.807, 2.05) is 13.8 Å². The van der Waals surface area contributed by atoms with Crippen molar-refractivity contribution >= 4 is 5.78 Å². The van der Waals surface area contributed by atoms with Crippen LogP contribution >= 0.6 is 0 Å². The van der Waals surface area contributed by atoms with Crippen LogP contribution < -0.4 is 0 Å². The quantitative estimate of drug-likeness (QED) is 0.646. The first-order valence-corrected chi connectivity index (χ1v) is 6.14. The van der Waals surface area contributed by atoms with Crippen molar-refractivity contribution < 1.29 is 28.5 Å². The molecule has 3 aliphatic heterocycles. The predicted octanol–water partition coefficient (Wildman–Crippen LogP) is 0.583. The highest BCUT2D eigenvalue weighted by atomic mass is 17.0. The Bertz CT molecular complexity index is 377. The van der Waals surface area contributed by atoms with E-state index in [4.69, 9.17) is 23.7 Å². The lowest BCUT2D eigenvalue weighted by molar-refractivity contribution is -0.219. The third kappa shape index (κ3) is 1.98. The topological polar surface area (TPSA) is 63.2 Å². The van der Waals surface area contributed by atoms with E-state index in [0.717, 1.165) is 0 Å². The standard InChI is InChI=1S/C12H18O6/c1-11(2)14-5-6(16-11)8-7(13)9-10(15-8)18-12(3,4)17-9/h6,8-10H,5H2,1-4H3/t6-,8-,9-,10-/m1/s1/i5+1,6+1,7+1,8+1,9+1,10+1. The highest BCUT2D eigenvalue weighted by molar-refractivity contribution is 5.90. The largest absolute Gasteiger partial charge is 0.348 e. The van der Waals surface area contributed by atoms with Crippen LogP contribution in [0, 0.1) is 0 Å². The monoisotopic (exact) mass is 264 g/mol. The average Bonchev–Trinajstić information content (AvgIpc) is 2.81. The van der Waals surface area contributed by atoms with E-state index in [-0.39, 0.29) is 5.78 Å². The molecule has 0 amide bonds. The molecule has 0 N–H and O–H groups in total. The zero-order chi connectivity index (χ0) is 13.1. The number of hydrogen-bond acceptors (Lipinski definition) is 6. The molecule has 0 radical (unpaired) electrons. The molecule has 0 bridgehead atoms. The van der Waals surface area contributed by atoms with Crippen molar-refractivity contribution in [1.29, 1.82) is 0 Å². The minimum absolute atomic E-state index is 0.128. The number of ketones is 1. The molecule has 18 heavy (non-hydrogen) atoms. The summed E-state index contributed by atoms with van der Waals surface area (Å²) in [5.41, 5.74) is 0.